The van der Waals surface area contributed by atoms with Gasteiger partial charge in [0, 0.05) is 24.9 Å². The molecule has 11 heteroatoms. The van der Waals surface area contributed by atoms with E-state index in [1.54, 1.807) is 11.3 Å². The smallest absolute Gasteiger partial charge is 0.433 e. The van der Waals surface area contributed by atoms with Crippen molar-refractivity contribution in [1.29, 1.82) is 0 Å². The fourth-order valence-electron chi connectivity index (χ4n) is 4.27. The van der Waals surface area contributed by atoms with Crippen LogP contribution in [0.2, 0.25) is 0 Å². The van der Waals surface area contributed by atoms with E-state index >= 15 is 0 Å². The van der Waals surface area contributed by atoms with Crippen LogP contribution in [0.15, 0.2) is 36.7 Å². The molecule has 0 aromatic carbocycles. The molecule has 0 unspecified atom stereocenters. The number of anilines is 1. The van der Waals surface area contributed by atoms with Crippen LogP contribution in [0, 0.1) is 5.92 Å². The normalized spacial score (nSPS) is 18.4. The summed E-state index contributed by atoms with van der Waals surface area (Å²) in [5.74, 6) is -1.10. The molecule has 0 spiro atoms. The second-order valence-electron chi connectivity index (χ2n) is 8.51. The number of esters is 1. The number of nitrogens with one attached hydrogen (secondary N) is 1. The van der Waals surface area contributed by atoms with Gasteiger partial charge < -0.3 is 19.6 Å². The summed E-state index contributed by atoms with van der Waals surface area (Å²) in [6.07, 6.45) is 2.16. The molecule has 4 rings (SSSR count). The first kappa shape index (κ1) is 24.6. The van der Waals surface area contributed by atoms with Crippen LogP contribution in [0.4, 0.5) is 18.9 Å². The minimum absolute atomic E-state index is 0.0285. The van der Waals surface area contributed by atoms with Crippen LogP contribution in [-0.4, -0.2) is 44.6 Å². The lowest BCUT2D eigenvalue weighted by molar-refractivity contribution is -0.141. The molecular weight excluding hydrogens is 465 g/mol. The molecule has 3 aromatic rings. The van der Waals surface area contributed by atoms with Gasteiger partial charge in [0.25, 0.3) is 5.91 Å². The van der Waals surface area contributed by atoms with Gasteiger partial charge in [-0.2, -0.15) is 13.2 Å². The zero-order chi connectivity index (χ0) is 25.2. The summed E-state index contributed by atoms with van der Waals surface area (Å²) in [4.78, 5) is 33.4. The van der Waals surface area contributed by atoms with Crippen molar-refractivity contribution >= 4 is 23.2 Å². The third-order valence-electron chi connectivity index (χ3n) is 6.15. The third-order valence-corrected chi connectivity index (χ3v) is 6.15. The van der Waals surface area contributed by atoms with Gasteiger partial charge in [-0.3, -0.25) is 4.79 Å². The van der Waals surface area contributed by atoms with E-state index in [9.17, 15) is 27.9 Å². The lowest BCUT2D eigenvalue weighted by Crippen LogP contribution is -2.19. The van der Waals surface area contributed by atoms with Gasteiger partial charge in [0.2, 0.25) is 0 Å². The van der Waals surface area contributed by atoms with E-state index in [2.05, 4.69) is 15.3 Å². The number of aliphatic hydroxyl groups excluding tert-OH is 1. The van der Waals surface area contributed by atoms with E-state index in [-0.39, 0.29) is 30.4 Å². The van der Waals surface area contributed by atoms with Crippen LogP contribution in [0.5, 0.6) is 0 Å². The zero-order valence-electron chi connectivity index (χ0n) is 19.0. The first-order valence-electron chi connectivity index (χ1n) is 11.4. The van der Waals surface area contributed by atoms with Crippen molar-refractivity contribution in [2.24, 2.45) is 5.92 Å². The van der Waals surface area contributed by atoms with Gasteiger partial charge in [-0.1, -0.05) is 6.07 Å². The fourth-order valence-corrected chi connectivity index (χ4v) is 4.27. The predicted molar refractivity (Wildman–Crippen MR) is 120 cm³/mol. The molecule has 0 saturated heterocycles. The van der Waals surface area contributed by atoms with E-state index in [1.807, 2.05) is 6.20 Å². The quantitative estimate of drug-likeness (QED) is 0.495. The molecule has 186 valence electrons. The number of imidazole rings is 1. The van der Waals surface area contributed by atoms with Crippen LogP contribution < -0.4 is 5.32 Å². The highest BCUT2D eigenvalue weighted by atomic mass is 19.4. The van der Waals surface area contributed by atoms with Gasteiger partial charge in [-0.15, -0.1) is 0 Å². The number of carbonyl (C=O) groups is 2. The van der Waals surface area contributed by atoms with Crippen molar-refractivity contribution in [3.63, 3.8) is 0 Å². The largest absolute Gasteiger partial charge is 0.462 e. The minimum atomic E-state index is -4.70. The summed E-state index contributed by atoms with van der Waals surface area (Å²) in [6, 6.07) is 4.50. The summed E-state index contributed by atoms with van der Waals surface area (Å²) in [5.41, 5.74) is -0.237. The van der Waals surface area contributed by atoms with Gasteiger partial charge in [-0.05, 0) is 56.7 Å². The van der Waals surface area contributed by atoms with Crippen LogP contribution in [-0.2, 0) is 10.9 Å². The molecule has 1 aliphatic carbocycles. The number of rotatable bonds is 6. The number of pyridine rings is 2. The maximum Gasteiger partial charge on any atom is 0.433 e. The second kappa shape index (κ2) is 10.0. The number of carbonyl (C=O) groups excluding carboxylic acids is 2. The Morgan fingerprint density at radius 1 is 1.17 bits per heavy atom. The van der Waals surface area contributed by atoms with E-state index < -0.39 is 29.4 Å². The average Bonchev–Trinajstić information content (AvgIpc) is 3.26. The molecule has 35 heavy (non-hydrogen) atoms. The molecule has 0 radical (unpaired) electrons. The summed E-state index contributed by atoms with van der Waals surface area (Å²) in [7, 11) is 0. The first-order chi connectivity index (χ1) is 16.7. The Labute approximate surface area is 199 Å². The van der Waals surface area contributed by atoms with Crippen molar-refractivity contribution in [2.45, 2.75) is 44.7 Å². The van der Waals surface area contributed by atoms with Crippen molar-refractivity contribution in [3.8, 4) is 0 Å². The lowest BCUT2D eigenvalue weighted by atomic mass is 9.81. The Balaban J connectivity index is 1.66. The molecule has 3 heterocycles. The Morgan fingerprint density at radius 2 is 1.91 bits per heavy atom. The van der Waals surface area contributed by atoms with Crippen LogP contribution >= 0.6 is 0 Å². The molecule has 0 aliphatic heterocycles. The fraction of sp³-hybridized carbons (Fsp3) is 0.417. The molecule has 1 amide bonds. The van der Waals surface area contributed by atoms with Crippen molar-refractivity contribution in [1.82, 2.24) is 14.4 Å². The molecular formula is C24H25F3N4O4. The number of fused-ring (bicyclic) bond motifs is 1. The zero-order valence-corrected chi connectivity index (χ0v) is 19.0. The number of aliphatic hydroxyl groups is 1. The maximum atomic E-state index is 13.0. The maximum absolute atomic E-state index is 13.0. The Kier molecular flexibility index (Phi) is 7.06. The number of hydrogen-bond donors (Lipinski definition) is 2. The highest BCUT2D eigenvalue weighted by Crippen LogP contribution is 2.35. The molecule has 1 saturated carbocycles. The van der Waals surface area contributed by atoms with E-state index in [0.29, 0.717) is 11.6 Å². The van der Waals surface area contributed by atoms with Crippen molar-refractivity contribution < 1.29 is 32.6 Å². The predicted octanol–water partition coefficient (Wildman–Crippen LogP) is 4.44. The molecule has 8 nitrogen and oxygen atoms in total. The van der Waals surface area contributed by atoms with E-state index in [4.69, 9.17) is 4.74 Å². The summed E-state index contributed by atoms with van der Waals surface area (Å²) < 4.78 is 45.8. The van der Waals surface area contributed by atoms with Crippen LogP contribution in [0.25, 0.3) is 5.65 Å². The SMILES string of the molecule is CCOC(=O)c1cc2nc(C3CCC(CO)CC3)cn2cc1NC(=O)c1cccc(C(F)(F)F)n1. The molecule has 0 bridgehead atoms. The standard InChI is InChI=1S/C24H25F3N4O4/c1-2-35-23(34)16-10-21-29-18(15-8-6-14(13-32)7-9-15)11-31(21)12-19(16)30-22(33)17-4-3-5-20(28-17)24(25,26)27/h3-5,10-12,14-15,32H,2,6-9,13H2,1H3,(H,30,33). The summed E-state index contributed by atoms with van der Waals surface area (Å²) in [5, 5.41) is 11.9. The number of nitrogens with zero attached hydrogens (tertiary/aromatic N) is 3. The van der Waals surface area contributed by atoms with Gasteiger partial charge in [-0.25, -0.2) is 14.8 Å². The Hall–Kier alpha value is -3.47. The van der Waals surface area contributed by atoms with Crippen molar-refractivity contribution in [3.05, 3.63) is 59.3 Å². The first-order valence-corrected chi connectivity index (χ1v) is 11.4. The number of amides is 1. The van der Waals surface area contributed by atoms with Gasteiger partial charge in [0.05, 0.1) is 23.6 Å². The van der Waals surface area contributed by atoms with Crippen LogP contribution in [0.1, 0.15) is 70.8 Å². The third kappa shape index (κ3) is 5.45. The molecule has 3 aromatic heterocycles. The number of halogens is 3. The number of ether oxygens (including phenoxy) is 1. The molecule has 2 N–H and O–H groups in total. The van der Waals surface area contributed by atoms with Crippen LogP contribution in [0.3, 0.4) is 0 Å². The van der Waals surface area contributed by atoms with E-state index in [0.717, 1.165) is 49.6 Å². The summed E-state index contributed by atoms with van der Waals surface area (Å²) in [6.45, 7) is 1.91. The van der Waals surface area contributed by atoms with Gasteiger partial charge in [0.15, 0.2) is 0 Å². The second-order valence-corrected chi connectivity index (χ2v) is 8.51. The number of alkyl halides is 3. The molecule has 0 atom stereocenters. The number of hydrogen-bond acceptors (Lipinski definition) is 6. The number of aromatic nitrogens is 3. The van der Waals surface area contributed by atoms with E-state index in [1.165, 1.54) is 12.3 Å². The topological polar surface area (TPSA) is 106 Å². The minimum Gasteiger partial charge on any atom is -0.462 e. The average molecular weight is 490 g/mol. The highest BCUT2D eigenvalue weighted by Gasteiger charge is 2.33. The Morgan fingerprint density at radius 3 is 2.57 bits per heavy atom. The molecule has 1 fully saturated rings. The van der Waals surface area contributed by atoms with Crippen molar-refractivity contribution in [2.75, 3.05) is 18.5 Å². The monoisotopic (exact) mass is 490 g/mol. The van der Waals surface area contributed by atoms with Gasteiger partial charge in [0.1, 0.15) is 17.0 Å². The molecule has 1 aliphatic rings. The lowest BCUT2D eigenvalue weighted by Gasteiger charge is -2.25. The summed E-state index contributed by atoms with van der Waals surface area (Å²) >= 11 is 0. The highest BCUT2D eigenvalue weighted by molar-refractivity contribution is 6.07. The van der Waals surface area contributed by atoms with Gasteiger partial charge >= 0.3 is 12.1 Å². The Bertz CT molecular complexity index is 1230.